The molecule has 0 aliphatic carbocycles. The van der Waals surface area contributed by atoms with Gasteiger partial charge in [-0.25, -0.2) is 9.78 Å². The highest BCUT2D eigenvalue weighted by Crippen LogP contribution is 1.97. The van der Waals surface area contributed by atoms with Crippen LogP contribution in [0.5, 0.6) is 0 Å². The van der Waals surface area contributed by atoms with Crippen molar-refractivity contribution in [2.24, 2.45) is 0 Å². The lowest BCUT2D eigenvalue weighted by atomic mass is 10.2. The lowest BCUT2D eigenvalue weighted by molar-refractivity contribution is -0.139. The predicted octanol–water partition coefficient (Wildman–Crippen LogP) is -0.524. The van der Waals surface area contributed by atoms with Gasteiger partial charge in [-0.2, -0.15) is 5.26 Å². The van der Waals surface area contributed by atoms with Crippen LogP contribution < -0.4 is 5.32 Å². The second-order valence-electron chi connectivity index (χ2n) is 2.43. The van der Waals surface area contributed by atoms with Crippen LogP contribution in [0.3, 0.4) is 0 Å². The average molecular weight is 180 g/mol. The highest BCUT2D eigenvalue weighted by Gasteiger charge is 2.17. The largest absolute Gasteiger partial charge is 0.480 e. The molecule has 68 valence electrons. The van der Waals surface area contributed by atoms with E-state index in [1.54, 1.807) is 6.19 Å². The van der Waals surface area contributed by atoms with Gasteiger partial charge in [0, 0.05) is 18.3 Å². The van der Waals surface area contributed by atoms with E-state index in [0.29, 0.717) is 5.69 Å². The van der Waals surface area contributed by atoms with Gasteiger partial charge in [0.15, 0.2) is 6.19 Å². The van der Waals surface area contributed by atoms with Crippen molar-refractivity contribution >= 4 is 5.97 Å². The molecule has 0 aliphatic heterocycles. The molecule has 3 N–H and O–H groups in total. The number of aromatic amines is 1. The van der Waals surface area contributed by atoms with Crippen LogP contribution in [0.25, 0.3) is 0 Å². The number of carbonyl (C=O) groups is 1. The van der Waals surface area contributed by atoms with E-state index >= 15 is 0 Å². The van der Waals surface area contributed by atoms with E-state index in [0.717, 1.165) is 0 Å². The number of nitriles is 1. The Morgan fingerprint density at radius 1 is 1.92 bits per heavy atom. The molecule has 6 heteroatoms. The Morgan fingerprint density at radius 3 is 3.15 bits per heavy atom. The Labute approximate surface area is 74.2 Å². The minimum atomic E-state index is -1.06. The van der Waals surface area contributed by atoms with E-state index in [2.05, 4.69) is 15.3 Å². The molecule has 0 aromatic carbocycles. The fourth-order valence-corrected chi connectivity index (χ4v) is 0.894. The van der Waals surface area contributed by atoms with Crippen LogP contribution in [0.4, 0.5) is 0 Å². The van der Waals surface area contributed by atoms with Crippen molar-refractivity contribution < 1.29 is 9.90 Å². The molecular formula is C7H8N4O2. The van der Waals surface area contributed by atoms with Crippen molar-refractivity contribution in [1.29, 1.82) is 5.26 Å². The van der Waals surface area contributed by atoms with E-state index in [9.17, 15) is 4.79 Å². The number of nitrogens with one attached hydrogen (secondary N) is 2. The maximum absolute atomic E-state index is 10.6. The Kier molecular flexibility index (Phi) is 2.87. The van der Waals surface area contributed by atoms with Gasteiger partial charge in [0.1, 0.15) is 6.04 Å². The Balaban J connectivity index is 2.59. The Morgan fingerprint density at radius 2 is 2.69 bits per heavy atom. The molecule has 0 fully saturated rings. The number of imidazole rings is 1. The normalized spacial score (nSPS) is 11.6. The highest BCUT2D eigenvalue weighted by atomic mass is 16.4. The van der Waals surface area contributed by atoms with Gasteiger partial charge in [0.2, 0.25) is 0 Å². The van der Waals surface area contributed by atoms with Crippen LogP contribution in [0.1, 0.15) is 5.69 Å². The zero-order chi connectivity index (χ0) is 9.68. The van der Waals surface area contributed by atoms with Gasteiger partial charge in [-0.3, -0.25) is 0 Å². The van der Waals surface area contributed by atoms with Gasteiger partial charge in [-0.1, -0.05) is 0 Å². The summed E-state index contributed by atoms with van der Waals surface area (Å²) in [6, 6.07) is -0.898. The minimum absolute atomic E-state index is 0.211. The zero-order valence-corrected chi connectivity index (χ0v) is 6.69. The number of rotatable bonds is 4. The van der Waals surface area contributed by atoms with E-state index in [1.807, 2.05) is 0 Å². The summed E-state index contributed by atoms with van der Waals surface area (Å²) in [5.74, 6) is -1.06. The average Bonchev–Trinajstić information content (AvgIpc) is 2.56. The van der Waals surface area contributed by atoms with Crippen LogP contribution >= 0.6 is 0 Å². The third-order valence-corrected chi connectivity index (χ3v) is 1.52. The first-order chi connectivity index (χ1) is 6.24. The van der Waals surface area contributed by atoms with Crippen LogP contribution in [-0.2, 0) is 11.2 Å². The van der Waals surface area contributed by atoms with E-state index in [4.69, 9.17) is 10.4 Å². The number of nitrogens with zero attached hydrogens (tertiary/aromatic N) is 2. The quantitative estimate of drug-likeness (QED) is 0.427. The van der Waals surface area contributed by atoms with Crippen molar-refractivity contribution in [2.45, 2.75) is 12.5 Å². The van der Waals surface area contributed by atoms with Gasteiger partial charge < -0.3 is 15.4 Å². The third kappa shape index (κ3) is 2.48. The molecule has 1 rings (SSSR count). The standard InChI is InChI=1S/C7H8N4O2/c8-3-10-6(7(12)13)1-5-2-9-4-11-5/h2,4,6,10H,1H2,(H,9,11)(H,12,13)/t6-/m0/s1. The molecule has 1 aromatic rings. The summed E-state index contributed by atoms with van der Waals surface area (Å²) in [7, 11) is 0. The molecule has 0 bridgehead atoms. The summed E-state index contributed by atoms with van der Waals surface area (Å²) < 4.78 is 0. The highest BCUT2D eigenvalue weighted by molar-refractivity contribution is 5.74. The summed E-state index contributed by atoms with van der Waals surface area (Å²) in [6.45, 7) is 0. The molecular weight excluding hydrogens is 172 g/mol. The molecule has 0 aliphatic rings. The molecule has 0 radical (unpaired) electrons. The summed E-state index contributed by atoms with van der Waals surface area (Å²) in [6.07, 6.45) is 4.79. The molecule has 0 saturated heterocycles. The number of hydrogen-bond acceptors (Lipinski definition) is 4. The summed E-state index contributed by atoms with van der Waals surface area (Å²) >= 11 is 0. The van der Waals surface area contributed by atoms with Gasteiger partial charge in [-0.15, -0.1) is 0 Å². The first kappa shape index (κ1) is 9.06. The second-order valence-corrected chi connectivity index (χ2v) is 2.43. The smallest absolute Gasteiger partial charge is 0.327 e. The monoisotopic (exact) mass is 180 g/mol. The summed E-state index contributed by atoms with van der Waals surface area (Å²) in [5.41, 5.74) is 0.676. The molecule has 1 heterocycles. The van der Waals surface area contributed by atoms with E-state index < -0.39 is 12.0 Å². The van der Waals surface area contributed by atoms with Crippen molar-refractivity contribution in [1.82, 2.24) is 15.3 Å². The molecule has 1 atom stereocenters. The van der Waals surface area contributed by atoms with Crippen LogP contribution in [0, 0.1) is 11.5 Å². The second kappa shape index (κ2) is 4.11. The van der Waals surface area contributed by atoms with Gasteiger partial charge >= 0.3 is 5.97 Å². The van der Waals surface area contributed by atoms with Gasteiger partial charge in [-0.05, 0) is 0 Å². The van der Waals surface area contributed by atoms with Crippen molar-refractivity contribution in [3.8, 4) is 6.19 Å². The predicted molar refractivity (Wildman–Crippen MR) is 42.5 cm³/mol. The maximum atomic E-state index is 10.6. The summed E-state index contributed by atoms with van der Waals surface area (Å²) in [4.78, 5) is 17.1. The molecule has 1 aromatic heterocycles. The SMILES string of the molecule is N#CN[C@@H](Cc1cnc[nH]1)C(=O)O. The zero-order valence-electron chi connectivity index (χ0n) is 6.69. The molecule has 13 heavy (non-hydrogen) atoms. The lowest BCUT2D eigenvalue weighted by Gasteiger charge is -2.07. The number of aromatic nitrogens is 2. The van der Waals surface area contributed by atoms with Crippen molar-refractivity contribution in [3.05, 3.63) is 18.2 Å². The lowest BCUT2D eigenvalue weighted by Crippen LogP contribution is -2.35. The number of H-pyrrole nitrogens is 1. The van der Waals surface area contributed by atoms with Crippen molar-refractivity contribution in [2.75, 3.05) is 0 Å². The minimum Gasteiger partial charge on any atom is -0.480 e. The molecule has 6 nitrogen and oxygen atoms in total. The third-order valence-electron chi connectivity index (χ3n) is 1.52. The summed E-state index contributed by atoms with van der Waals surface area (Å²) in [5, 5.41) is 19.1. The Bertz CT molecular complexity index is 314. The van der Waals surface area contributed by atoms with Crippen LogP contribution in [-0.4, -0.2) is 27.1 Å². The van der Waals surface area contributed by atoms with E-state index in [-0.39, 0.29) is 6.42 Å². The topological polar surface area (TPSA) is 102 Å². The van der Waals surface area contributed by atoms with Crippen molar-refractivity contribution in [3.63, 3.8) is 0 Å². The number of carboxylic acid groups (broad SMARTS) is 1. The van der Waals surface area contributed by atoms with Crippen LogP contribution in [0.15, 0.2) is 12.5 Å². The maximum Gasteiger partial charge on any atom is 0.327 e. The molecule has 0 saturated carbocycles. The van der Waals surface area contributed by atoms with E-state index in [1.165, 1.54) is 12.5 Å². The number of carboxylic acids is 1. The number of hydrogen-bond donors (Lipinski definition) is 3. The fourth-order valence-electron chi connectivity index (χ4n) is 0.894. The molecule has 0 amide bonds. The van der Waals surface area contributed by atoms with Gasteiger partial charge in [0.25, 0.3) is 0 Å². The number of aliphatic carboxylic acids is 1. The first-order valence-electron chi connectivity index (χ1n) is 3.58. The Hall–Kier alpha value is -2.03. The van der Waals surface area contributed by atoms with Gasteiger partial charge in [0.05, 0.1) is 6.33 Å². The molecule has 0 unspecified atom stereocenters. The first-order valence-corrected chi connectivity index (χ1v) is 3.58. The van der Waals surface area contributed by atoms with Crippen LogP contribution in [0.2, 0.25) is 0 Å². The molecule has 0 spiro atoms. The fraction of sp³-hybridized carbons (Fsp3) is 0.286.